The van der Waals surface area contributed by atoms with E-state index in [0.29, 0.717) is 25.6 Å². The third-order valence-corrected chi connectivity index (χ3v) is 7.02. The molecule has 37 heavy (non-hydrogen) atoms. The lowest BCUT2D eigenvalue weighted by Crippen LogP contribution is -2.44. The minimum Gasteiger partial charge on any atom is -0.481 e. The van der Waals surface area contributed by atoms with Crippen molar-refractivity contribution in [1.82, 2.24) is 19.9 Å². The summed E-state index contributed by atoms with van der Waals surface area (Å²) in [7, 11) is 4.12. The standard InChI is InChI=1S/C22H36N4O4.C2HF3O2/c1-25(2)18-11-13-26(14-12-18)22(29)20-23-21(30-24-20)17(15-19(27)28)10-6-9-16-7-4-3-5-8-16;3-2(4,5)1(6)7/h16-18H,3-15H2,1-2H3,(H,27,28);(H,6,7)/t17-;/m1./s1. The first-order valence-electron chi connectivity index (χ1n) is 12.7. The van der Waals surface area contributed by atoms with Gasteiger partial charge in [-0.05, 0) is 39.3 Å². The Hall–Kier alpha value is -2.70. The molecule has 1 aliphatic carbocycles. The van der Waals surface area contributed by atoms with Gasteiger partial charge in [-0.25, -0.2) is 4.79 Å². The van der Waals surface area contributed by atoms with Crippen molar-refractivity contribution >= 4 is 17.8 Å². The van der Waals surface area contributed by atoms with Gasteiger partial charge in [0.25, 0.3) is 11.7 Å². The van der Waals surface area contributed by atoms with Crippen molar-refractivity contribution in [2.24, 2.45) is 5.92 Å². The van der Waals surface area contributed by atoms with Crippen LogP contribution in [0.25, 0.3) is 0 Å². The van der Waals surface area contributed by atoms with Crippen LogP contribution in [0.5, 0.6) is 0 Å². The third kappa shape index (κ3) is 10.3. The molecule has 1 amide bonds. The Morgan fingerprint density at radius 1 is 1.08 bits per heavy atom. The van der Waals surface area contributed by atoms with Crippen LogP contribution in [0, 0.1) is 5.92 Å². The molecule has 1 atom stereocenters. The van der Waals surface area contributed by atoms with Crippen LogP contribution in [0.3, 0.4) is 0 Å². The molecule has 3 rings (SSSR count). The fraction of sp³-hybridized carbons (Fsp3) is 0.792. The molecule has 1 saturated carbocycles. The van der Waals surface area contributed by atoms with E-state index in [2.05, 4.69) is 29.1 Å². The van der Waals surface area contributed by atoms with Crippen molar-refractivity contribution in [3.8, 4) is 0 Å². The van der Waals surface area contributed by atoms with Gasteiger partial charge in [-0.15, -0.1) is 0 Å². The lowest BCUT2D eigenvalue weighted by molar-refractivity contribution is -0.192. The zero-order valence-electron chi connectivity index (χ0n) is 21.4. The Bertz CT molecular complexity index is 878. The largest absolute Gasteiger partial charge is 0.490 e. The maximum Gasteiger partial charge on any atom is 0.490 e. The Kier molecular flexibility index (Phi) is 11.8. The molecular weight excluding hydrogens is 497 g/mol. The second-order valence-electron chi connectivity index (χ2n) is 9.98. The van der Waals surface area contributed by atoms with Crippen molar-refractivity contribution < 1.29 is 42.3 Å². The Balaban J connectivity index is 0.000000604. The molecule has 0 radical (unpaired) electrons. The number of nitrogens with zero attached hydrogens (tertiary/aromatic N) is 4. The van der Waals surface area contributed by atoms with Gasteiger partial charge < -0.3 is 24.5 Å². The number of piperidine rings is 1. The number of carboxylic acid groups (broad SMARTS) is 2. The van der Waals surface area contributed by atoms with Crippen LogP contribution in [0.1, 0.15) is 93.1 Å². The highest BCUT2D eigenvalue weighted by Gasteiger charge is 2.38. The minimum absolute atomic E-state index is 0.0469. The number of carbonyl (C=O) groups is 3. The van der Waals surface area contributed by atoms with E-state index < -0.39 is 18.1 Å². The highest BCUT2D eigenvalue weighted by molar-refractivity contribution is 5.90. The molecule has 13 heteroatoms. The van der Waals surface area contributed by atoms with E-state index in [1.54, 1.807) is 4.90 Å². The molecule has 1 aromatic heterocycles. The van der Waals surface area contributed by atoms with Crippen LogP contribution in [-0.4, -0.2) is 87.4 Å². The van der Waals surface area contributed by atoms with Gasteiger partial charge in [-0.1, -0.05) is 50.1 Å². The summed E-state index contributed by atoms with van der Waals surface area (Å²) in [6.07, 6.45) is 6.02. The number of hydrogen-bond donors (Lipinski definition) is 2. The second kappa shape index (κ2) is 14.3. The highest BCUT2D eigenvalue weighted by Crippen LogP contribution is 2.31. The monoisotopic (exact) mass is 534 g/mol. The summed E-state index contributed by atoms with van der Waals surface area (Å²) in [5.41, 5.74) is 0. The summed E-state index contributed by atoms with van der Waals surface area (Å²) in [6, 6.07) is 0.485. The van der Waals surface area contributed by atoms with Crippen LogP contribution in [-0.2, 0) is 9.59 Å². The Morgan fingerprint density at radius 3 is 2.19 bits per heavy atom. The molecule has 0 unspecified atom stereocenters. The minimum atomic E-state index is -5.08. The Morgan fingerprint density at radius 2 is 1.68 bits per heavy atom. The zero-order chi connectivity index (χ0) is 27.6. The van der Waals surface area contributed by atoms with Crippen LogP contribution in [0.4, 0.5) is 13.2 Å². The van der Waals surface area contributed by atoms with E-state index in [4.69, 9.17) is 14.4 Å². The number of aliphatic carboxylic acids is 2. The average Bonchev–Trinajstić information content (AvgIpc) is 3.33. The number of alkyl halides is 3. The summed E-state index contributed by atoms with van der Waals surface area (Å²) in [5, 5.41) is 20.3. The van der Waals surface area contributed by atoms with Gasteiger partial charge in [0.1, 0.15) is 0 Å². The molecule has 10 nitrogen and oxygen atoms in total. The number of halogens is 3. The van der Waals surface area contributed by atoms with Gasteiger partial charge in [-0.3, -0.25) is 9.59 Å². The predicted molar refractivity (Wildman–Crippen MR) is 126 cm³/mol. The number of amides is 1. The predicted octanol–water partition coefficient (Wildman–Crippen LogP) is 4.18. The maximum absolute atomic E-state index is 12.8. The second-order valence-corrected chi connectivity index (χ2v) is 9.98. The molecule has 0 bridgehead atoms. The summed E-state index contributed by atoms with van der Waals surface area (Å²) in [5.74, 6) is -3.10. The van der Waals surface area contributed by atoms with Gasteiger partial charge in [0.05, 0.1) is 6.42 Å². The quantitative estimate of drug-likeness (QED) is 0.478. The van der Waals surface area contributed by atoms with Crippen LogP contribution in [0.15, 0.2) is 4.52 Å². The fourth-order valence-corrected chi connectivity index (χ4v) is 4.87. The van der Waals surface area contributed by atoms with Crippen molar-refractivity contribution in [1.29, 1.82) is 0 Å². The molecule has 2 N–H and O–H groups in total. The van der Waals surface area contributed by atoms with E-state index in [1.807, 2.05) is 0 Å². The molecule has 2 aliphatic rings. The van der Waals surface area contributed by atoms with E-state index in [0.717, 1.165) is 31.6 Å². The Labute approximate surface area is 214 Å². The molecule has 2 heterocycles. The number of likely N-dealkylation sites (tertiary alicyclic amines) is 1. The lowest BCUT2D eigenvalue weighted by atomic mass is 9.84. The topological polar surface area (TPSA) is 137 Å². The van der Waals surface area contributed by atoms with Crippen molar-refractivity contribution in [2.45, 2.75) is 88.8 Å². The van der Waals surface area contributed by atoms with Crippen LogP contribution < -0.4 is 0 Å². The molecule has 210 valence electrons. The maximum atomic E-state index is 12.8. The van der Waals surface area contributed by atoms with E-state index in [1.165, 1.54) is 32.1 Å². The normalized spacial score (nSPS) is 18.3. The smallest absolute Gasteiger partial charge is 0.481 e. The summed E-state index contributed by atoms with van der Waals surface area (Å²) < 4.78 is 37.1. The van der Waals surface area contributed by atoms with Crippen LogP contribution in [0.2, 0.25) is 0 Å². The first-order chi connectivity index (χ1) is 17.4. The number of rotatable bonds is 9. The highest BCUT2D eigenvalue weighted by atomic mass is 19.4. The summed E-state index contributed by atoms with van der Waals surface area (Å²) >= 11 is 0. The number of carbonyl (C=O) groups excluding carboxylic acids is 1. The molecule has 0 aromatic carbocycles. The van der Waals surface area contributed by atoms with Crippen molar-refractivity contribution in [2.75, 3.05) is 27.2 Å². The van der Waals surface area contributed by atoms with Crippen LogP contribution >= 0.6 is 0 Å². The summed E-state index contributed by atoms with van der Waals surface area (Å²) in [6.45, 7) is 1.34. The van der Waals surface area contributed by atoms with Gasteiger partial charge >= 0.3 is 18.1 Å². The van der Waals surface area contributed by atoms with Gasteiger partial charge in [0.15, 0.2) is 0 Å². The molecule has 2 fully saturated rings. The van der Waals surface area contributed by atoms with Crippen molar-refractivity contribution in [3.05, 3.63) is 11.7 Å². The fourth-order valence-electron chi connectivity index (χ4n) is 4.87. The van der Waals surface area contributed by atoms with E-state index >= 15 is 0 Å². The van der Waals surface area contributed by atoms with E-state index in [-0.39, 0.29) is 30.0 Å². The lowest BCUT2D eigenvalue weighted by Gasteiger charge is -2.34. The SMILES string of the molecule is CN(C)C1CCN(C(=O)c2noc([C@H](CCCC3CCCCC3)CC(=O)O)n2)CC1.O=C(O)C(F)(F)F. The zero-order valence-corrected chi connectivity index (χ0v) is 21.4. The molecule has 1 saturated heterocycles. The van der Waals surface area contributed by atoms with Gasteiger partial charge in [-0.2, -0.15) is 18.2 Å². The molecule has 1 aromatic rings. The number of aromatic nitrogens is 2. The number of carboxylic acids is 2. The first kappa shape index (κ1) is 30.5. The molecular formula is C24H37F3N4O6. The van der Waals surface area contributed by atoms with Crippen molar-refractivity contribution in [3.63, 3.8) is 0 Å². The summed E-state index contributed by atoms with van der Waals surface area (Å²) in [4.78, 5) is 41.3. The van der Waals surface area contributed by atoms with Gasteiger partial charge in [0, 0.05) is 25.0 Å². The third-order valence-electron chi connectivity index (χ3n) is 7.02. The van der Waals surface area contributed by atoms with E-state index in [9.17, 15) is 27.9 Å². The molecule has 1 aliphatic heterocycles. The average molecular weight is 535 g/mol. The molecule has 0 spiro atoms. The number of hydrogen-bond acceptors (Lipinski definition) is 7. The first-order valence-corrected chi connectivity index (χ1v) is 12.7. The van der Waals surface area contributed by atoms with Gasteiger partial charge in [0.2, 0.25) is 5.89 Å².